The molecule has 2 aromatic rings. The molecule has 1 aromatic heterocycles. The van der Waals surface area contributed by atoms with Crippen molar-refractivity contribution in [3.63, 3.8) is 0 Å². The van der Waals surface area contributed by atoms with Crippen LogP contribution in [0.2, 0.25) is 0 Å². The summed E-state index contributed by atoms with van der Waals surface area (Å²) in [6, 6.07) is 11.0. The van der Waals surface area contributed by atoms with Crippen molar-refractivity contribution in [3.05, 3.63) is 52.2 Å². The van der Waals surface area contributed by atoms with Crippen LogP contribution in [0.25, 0.3) is 0 Å². The van der Waals surface area contributed by atoms with Crippen LogP contribution in [0.1, 0.15) is 30.2 Å². The molecule has 0 fully saturated rings. The van der Waals surface area contributed by atoms with Crippen LogP contribution >= 0.6 is 35.3 Å². The van der Waals surface area contributed by atoms with Gasteiger partial charge >= 0.3 is 0 Å². The number of ether oxygens (including phenoxy) is 1. The lowest BCUT2D eigenvalue weighted by Gasteiger charge is -2.15. The summed E-state index contributed by atoms with van der Waals surface area (Å²) < 4.78 is 31.8. The maximum Gasteiger partial charge on any atom is 0.240 e. The van der Waals surface area contributed by atoms with E-state index in [9.17, 15) is 8.42 Å². The van der Waals surface area contributed by atoms with Crippen LogP contribution in [0, 0.1) is 0 Å². The van der Waals surface area contributed by atoms with Gasteiger partial charge < -0.3 is 15.4 Å². The van der Waals surface area contributed by atoms with Gasteiger partial charge in [0, 0.05) is 37.5 Å². The van der Waals surface area contributed by atoms with Gasteiger partial charge in [0.25, 0.3) is 0 Å². The Morgan fingerprint density at radius 1 is 1.20 bits per heavy atom. The first-order valence-corrected chi connectivity index (χ1v) is 12.0. The molecule has 168 valence electrons. The van der Waals surface area contributed by atoms with Gasteiger partial charge in [-0.25, -0.2) is 18.1 Å². The van der Waals surface area contributed by atoms with E-state index in [1.165, 1.54) is 12.0 Å². The van der Waals surface area contributed by atoms with Crippen LogP contribution in [-0.4, -0.2) is 47.7 Å². The van der Waals surface area contributed by atoms with Crippen LogP contribution in [0.4, 0.5) is 0 Å². The normalized spacial score (nSPS) is 12.8. The van der Waals surface area contributed by atoms with Gasteiger partial charge in [0.2, 0.25) is 10.0 Å². The molecule has 10 heteroatoms. The first kappa shape index (κ1) is 26.8. The van der Waals surface area contributed by atoms with Crippen LogP contribution in [0.3, 0.4) is 0 Å². The van der Waals surface area contributed by atoms with E-state index in [2.05, 4.69) is 44.8 Å². The number of sulfonamides is 1. The number of guanidine groups is 1. The Morgan fingerprint density at radius 3 is 2.53 bits per heavy atom. The minimum absolute atomic E-state index is 0. The van der Waals surface area contributed by atoms with Gasteiger partial charge in [-0.05, 0) is 36.1 Å². The van der Waals surface area contributed by atoms with E-state index in [1.54, 1.807) is 35.6 Å². The molecule has 0 aliphatic rings. The molecule has 0 amide bonds. The smallest absolute Gasteiger partial charge is 0.240 e. The maximum absolute atomic E-state index is 12.2. The molecular formula is C20H31IN4O3S2. The van der Waals surface area contributed by atoms with Crippen LogP contribution < -0.4 is 15.4 Å². The number of nitrogens with zero attached hydrogens (tertiary/aromatic N) is 1. The zero-order valence-corrected chi connectivity index (χ0v) is 21.5. The number of hydrogen-bond acceptors (Lipinski definition) is 5. The molecule has 0 radical (unpaired) electrons. The summed E-state index contributed by atoms with van der Waals surface area (Å²) >= 11 is 1.75. The third-order valence-corrected chi connectivity index (χ3v) is 6.78. The fourth-order valence-corrected chi connectivity index (χ4v) is 4.37. The van der Waals surface area contributed by atoms with Crippen molar-refractivity contribution in [3.8, 4) is 0 Å². The average Bonchev–Trinajstić information content (AvgIpc) is 3.25. The van der Waals surface area contributed by atoms with Crippen molar-refractivity contribution in [2.75, 3.05) is 33.4 Å². The molecule has 0 bridgehead atoms. The second-order valence-electron chi connectivity index (χ2n) is 6.53. The lowest BCUT2D eigenvalue weighted by atomic mass is 10.1. The number of nitrogens with one attached hydrogen (secondary N) is 3. The van der Waals surface area contributed by atoms with Gasteiger partial charge in [-0.2, -0.15) is 0 Å². The van der Waals surface area contributed by atoms with Crippen molar-refractivity contribution in [2.24, 2.45) is 4.99 Å². The highest BCUT2D eigenvalue weighted by Crippen LogP contribution is 2.19. The molecule has 0 aliphatic carbocycles. The zero-order chi connectivity index (χ0) is 21.1. The molecule has 1 aromatic carbocycles. The average molecular weight is 567 g/mol. The Hall–Kier alpha value is -1.21. The predicted molar refractivity (Wildman–Crippen MR) is 134 cm³/mol. The minimum atomic E-state index is -3.52. The maximum atomic E-state index is 12.2. The zero-order valence-electron chi connectivity index (χ0n) is 17.6. The van der Waals surface area contributed by atoms with Gasteiger partial charge in [0.05, 0.1) is 18.0 Å². The highest BCUT2D eigenvalue weighted by molar-refractivity contribution is 14.0. The van der Waals surface area contributed by atoms with E-state index in [4.69, 9.17) is 4.74 Å². The third-order valence-electron chi connectivity index (χ3n) is 4.20. The van der Waals surface area contributed by atoms with E-state index < -0.39 is 10.0 Å². The van der Waals surface area contributed by atoms with Crippen molar-refractivity contribution >= 4 is 51.3 Å². The van der Waals surface area contributed by atoms with Crippen LogP contribution in [0.5, 0.6) is 0 Å². The minimum Gasteiger partial charge on any atom is -0.383 e. The van der Waals surface area contributed by atoms with Crippen LogP contribution in [-0.2, 0) is 21.3 Å². The molecule has 0 spiro atoms. The van der Waals surface area contributed by atoms with Crippen LogP contribution in [0.15, 0.2) is 51.7 Å². The van der Waals surface area contributed by atoms with E-state index in [-0.39, 0.29) is 35.4 Å². The number of thiophene rings is 1. The number of rotatable bonds is 11. The molecule has 3 N–H and O–H groups in total. The summed E-state index contributed by atoms with van der Waals surface area (Å²) in [5.41, 5.74) is 0.935. The first-order valence-electron chi connectivity index (χ1n) is 9.59. The Labute approximate surface area is 200 Å². The van der Waals surface area contributed by atoms with E-state index >= 15 is 0 Å². The standard InChI is InChI=1S/C20H30N4O3S2.HI/c1-4-21-20(22-14-16(2)19-6-5-13-28-19)23-15-17-7-9-18(10-8-17)29(25,26)24-11-12-27-3;/h5-10,13,16,24H,4,11-12,14-15H2,1-3H3,(H2,21,22,23);1H. The Morgan fingerprint density at radius 2 is 1.93 bits per heavy atom. The number of benzene rings is 1. The number of aliphatic imine (C=N–C) groups is 1. The number of methoxy groups -OCH3 is 1. The van der Waals surface area contributed by atoms with Crippen molar-refractivity contribution in [1.82, 2.24) is 15.4 Å². The highest BCUT2D eigenvalue weighted by atomic mass is 127. The monoisotopic (exact) mass is 566 g/mol. The van der Waals surface area contributed by atoms with Gasteiger partial charge in [0.15, 0.2) is 5.96 Å². The third kappa shape index (κ3) is 8.88. The van der Waals surface area contributed by atoms with Crippen molar-refractivity contribution < 1.29 is 13.2 Å². The second-order valence-corrected chi connectivity index (χ2v) is 9.27. The fraction of sp³-hybridized carbons (Fsp3) is 0.450. The van der Waals surface area contributed by atoms with E-state index in [1.807, 2.05) is 6.92 Å². The number of hydrogen-bond donors (Lipinski definition) is 3. The Kier molecular flexibility index (Phi) is 12.5. The highest BCUT2D eigenvalue weighted by Gasteiger charge is 2.13. The fourth-order valence-electron chi connectivity index (χ4n) is 2.57. The molecule has 0 saturated heterocycles. The van der Waals surface area contributed by atoms with Gasteiger partial charge in [-0.3, -0.25) is 0 Å². The lowest BCUT2D eigenvalue weighted by Crippen LogP contribution is -2.39. The molecule has 0 saturated carbocycles. The van der Waals surface area contributed by atoms with Crippen molar-refractivity contribution in [1.29, 1.82) is 0 Å². The summed E-state index contributed by atoms with van der Waals surface area (Å²) in [6.45, 7) is 6.79. The molecule has 7 nitrogen and oxygen atoms in total. The molecule has 2 rings (SSSR count). The topological polar surface area (TPSA) is 91.8 Å². The first-order chi connectivity index (χ1) is 14.0. The summed E-state index contributed by atoms with van der Waals surface area (Å²) in [6.07, 6.45) is 0. The molecular weight excluding hydrogens is 535 g/mol. The molecule has 1 heterocycles. The number of halogens is 1. The Bertz CT molecular complexity index is 857. The summed E-state index contributed by atoms with van der Waals surface area (Å²) in [5, 5.41) is 8.70. The van der Waals surface area contributed by atoms with Crippen molar-refractivity contribution in [2.45, 2.75) is 31.2 Å². The predicted octanol–water partition coefficient (Wildman–Crippen LogP) is 3.15. The van der Waals surface area contributed by atoms with Gasteiger partial charge in [-0.1, -0.05) is 25.1 Å². The SMILES string of the molecule is CCNC(=NCc1ccc(S(=O)(=O)NCCOC)cc1)NCC(C)c1cccs1.I. The molecule has 30 heavy (non-hydrogen) atoms. The summed E-state index contributed by atoms with van der Waals surface area (Å²) in [5.74, 6) is 1.14. The van der Waals surface area contributed by atoms with E-state index in [0.29, 0.717) is 19.1 Å². The van der Waals surface area contributed by atoms with Gasteiger partial charge in [0.1, 0.15) is 0 Å². The second kappa shape index (κ2) is 14.0. The molecule has 1 unspecified atom stereocenters. The van der Waals surface area contributed by atoms with E-state index in [0.717, 1.165) is 24.6 Å². The summed E-state index contributed by atoms with van der Waals surface area (Å²) in [4.78, 5) is 6.18. The Balaban J connectivity index is 0.00000450. The lowest BCUT2D eigenvalue weighted by molar-refractivity contribution is 0.204. The summed E-state index contributed by atoms with van der Waals surface area (Å²) in [7, 11) is -1.99. The molecule has 0 aliphatic heterocycles. The largest absolute Gasteiger partial charge is 0.383 e. The quantitative estimate of drug-likeness (QED) is 0.168. The van der Waals surface area contributed by atoms with Gasteiger partial charge in [-0.15, -0.1) is 35.3 Å². The molecule has 1 atom stereocenters.